The fraction of sp³-hybridized carbons (Fsp3) is 0.200. The Labute approximate surface area is 156 Å². The van der Waals surface area contributed by atoms with Gasteiger partial charge in [0.25, 0.3) is 5.91 Å². The quantitative estimate of drug-likeness (QED) is 0.786. The first-order valence-corrected chi connectivity index (χ1v) is 9.31. The van der Waals surface area contributed by atoms with Crippen molar-refractivity contribution in [2.24, 2.45) is 4.99 Å². The van der Waals surface area contributed by atoms with Crippen molar-refractivity contribution < 1.29 is 9.18 Å². The monoisotopic (exact) mass is 369 g/mol. The Morgan fingerprint density at radius 2 is 1.73 bits per heavy atom. The number of halogens is 1. The van der Waals surface area contributed by atoms with E-state index in [0.717, 1.165) is 18.7 Å². The number of nitrogens with one attached hydrogen (secondary N) is 1. The Hall–Kier alpha value is -2.60. The predicted octanol–water partition coefficient (Wildman–Crippen LogP) is 4.56. The average Bonchev–Trinajstić information content (AvgIpc) is 2.98. The van der Waals surface area contributed by atoms with E-state index in [1.54, 1.807) is 12.1 Å². The molecule has 3 rings (SSSR count). The zero-order valence-electron chi connectivity index (χ0n) is 14.7. The van der Waals surface area contributed by atoms with Crippen LogP contribution in [0.3, 0.4) is 0 Å². The molecule has 0 spiro atoms. The maximum atomic E-state index is 13.0. The minimum atomic E-state index is -0.314. The van der Waals surface area contributed by atoms with Crippen molar-refractivity contribution in [3.63, 3.8) is 0 Å². The van der Waals surface area contributed by atoms with Gasteiger partial charge in [0.2, 0.25) is 0 Å². The number of hydrogen-bond donors (Lipinski definition) is 1. The third-order valence-electron chi connectivity index (χ3n) is 4.03. The van der Waals surface area contributed by atoms with Crippen LogP contribution >= 0.6 is 11.8 Å². The van der Waals surface area contributed by atoms with E-state index < -0.39 is 0 Å². The summed E-state index contributed by atoms with van der Waals surface area (Å²) < 4.78 is 13.0. The second-order valence-electron chi connectivity index (χ2n) is 5.72. The highest BCUT2D eigenvalue weighted by atomic mass is 32.2. The van der Waals surface area contributed by atoms with Crippen LogP contribution in [0.15, 0.2) is 58.4 Å². The van der Waals surface area contributed by atoms with Gasteiger partial charge in [0.1, 0.15) is 5.82 Å². The third kappa shape index (κ3) is 4.32. The minimum absolute atomic E-state index is 0.177. The zero-order valence-corrected chi connectivity index (χ0v) is 15.5. The van der Waals surface area contributed by atoms with Gasteiger partial charge in [-0.3, -0.25) is 4.79 Å². The van der Waals surface area contributed by atoms with Crippen LogP contribution in [-0.4, -0.2) is 24.2 Å². The first-order chi connectivity index (χ1) is 12.6. The molecule has 1 aliphatic rings. The molecule has 134 valence electrons. The zero-order chi connectivity index (χ0) is 18.5. The van der Waals surface area contributed by atoms with Crippen molar-refractivity contribution in [2.75, 3.05) is 18.0 Å². The summed E-state index contributed by atoms with van der Waals surface area (Å²) in [7, 11) is 0. The van der Waals surface area contributed by atoms with Crippen LogP contribution in [0.5, 0.6) is 0 Å². The van der Waals surface area contributed by atoms with Crippen molar-refractivity contribution >= 4 is 40.3 Å². The van der Waals surface area contributed by atoms with Crippen molar-refractivity contribution in [3.05, 3.63) is 64.8 Å². The number of thioether (sulfide) groups is 1. The van der Waals surface area contributed by atoms with Gasteiger partial charge in [-0.2, -0.15) is 0 Å². The van der Waals surface area contributed by atoms with Gasteiger partial charge in [-0.05, 0) is 73.6 Å². The highest BCUT2D eigenvalue weighted by molar-refractivity contribution is 8.18. The van der Waals surface area contributed by atoms with Gasteiger partial charge in [-0.1, -0.05) is 12.1 Å². The lowest BCUT2D eigenvalue weighted by molar-refractivity contribution is -0.115. The number of hydrogen-bond acceptors (Lipinski definition) is 4. The van der Waals surface area contributed by atoms with Crippen LogP contribution in [0.1, 0.15) is 19.4 Å². The van der Waals surface area contributed by atoms with E-state index in [4.69, 9.17) is 0 Å². The summed E-state index contributed by atoms with van der Waals surface area (Å²) in [6, 6.07) is 14.0. The van der Waals surface area contributed by atoms with Crippen LogP contribution in [0.4, 0.5) is 15.8 Å². The van der Waals surface area contributed by atoms with Crippen LogP contribution in [0.25, 0.3) is 6.08 Å². The molecule has 6 heteroatoms. The fourth-order valence-electron chi connectivity index (χ4n) is 2.63. The summed E-state index contributed by atoms with van der Waals surface area (Å²) in [5, 5.41) is 3.23. The van der Waals surface area contributed by atoms with Crippen LogP contribution in [0, 0.1) is 5.82 Å². The lowest BCUT2D eigenvalue weighted by atomic mass is 10.2. The van der Waals surface area contributed by atoms with E-state index in [0.29, 0.717) is 15.8 Å². The number of benzene rings is 2. The number of amides is 1. The molecule has 0 atom stereocenters. The molecule has 1 aliphatic heterocycles. The summed E-state index contributed by atoms with van der Waals surface area (Å²) in [4.78, 5) is 19.3. The molecule has 1 amide bonds. The third-order valence-corrected chi connectivity index (χ3v) is 4.94. The first-order valence-electron chi connectivity index (χ1n) is 8.49. The van der Waals surface area contributed by atoms with E-state index in [1.165, 1.54) is 29.6 Å². The smallest absolute Gasteiger partial charge is 0.264 e. The van der Waals surface area contributed by atoms with Gasteiger partial charge in [0, 0.05) is 18.8 Å². The lowest BCUT2D eigenvalue weighted by Gasteiger charge is -2.20. The second-order valence-corrected chi connectivity index (χ2v) is 6.75. The summed E-state index contributed by atoms with van der Waals surface area (Å²) in [5.41, 5.74) is 2.72. The topological polar surface area (TPSA) is 44.7 Å². The molecule has 1 saturated heterocycles. The number of rotatable bonds is 5. The number of carbonyl (C=O) groups excluding carboxylic acids is 1. The van der Waals surface area contributed by atoms with Gasteiger partial charge < -0.3 is 10.2 Å². The number of nitrogens with zero attached hydrogens (tertiary/aromatic N) is 2. The Balaban J connectivity index is 1.75. The summed E-state index contributed by atoms with van der Waals surface area (Å²) >= 11 is 1.28. The van der Waals surface area contributed by atoms with E-state index in [1.807, 2.05) is 18.2 Å². The first kappa shape index (κ1) is 18.2. The average molecular weight is 369 g/mol. The second kappa shape index (κ2) is 8.19. The maximum Gasteiger partial charge on any atom is 0.264 e. The Morgan fingerprint density at radius 3 is 2.35 bits per heavy atom. The molecule has 0 saturated carbocycles. The van der Waals surface area contributed by atoms with Crippen LogP contribution < -0.4 is 10.2 Å². The van der Waals surface area contributed by atoms with Gasteiger partial charge in [0.05, 0.1) is 10.6 Å². The molecule has 26 heavy (non-hydrogen) atoms. The maximum absolute atomic E-state index is 13.0. The molecule has 1 heterocycles. The molecule has 0 radical (unpaired) electrons. The molecule has 0 bridgehead atoms. The van der Waals surface area contributed by atoms with Crippen molar-refractivity contribution in [2.45, 2.75) is 13.8 Å². The fourth-order valence-corrected chi connectivity index (χ4v) is 3.48. The molecule has 2 aromatic rings. The molecule has 1 N–H and O–H groups in total. The van der Waals surface area contributed by atoms with Gasteiger partial charge in [-0.25, -0.2) is 9.38 Å². The SMILES string of the molecule is CCN(CC)c1ccc(/C=C2/SC(=Nc3ccc(F)cc3)NC2=O)cc1. The molecule has 0 unspecified atom stereocenters. The van der Waals surface area contributed by atoms with E-state index in [9.17, 15) is 9.18 Å². The summed E-state index contributed by atoms with van der Waals surface area (Å²) in [5.74, 6) is -0.491. The Morgan fingerprint density at radius 1 is 1.08 bits per heavy atom. The highest BCUT2D eigenvalue weighted by Crippen LogP contribution is 2.28. The van der Waals surface area contributed by atoms with Gasteiger partial charge in [0.15, 0.2) is 5.17 Å². The van der Waals surface area contributed by atoms with Crippen LogP contribution in [-0.2, 0) is 4.79 Å². The van der Waals surface area contributed by atoms with Crippen molar-refractivity contribution in [1.29, 1.82) is 0 Å². The van der Waals surface area contributed by atoms with Gasteiger partial charge in [-0.15, -0.1) is 0 Å². The van der Waals surface area contributed by atoms with Crippen molar-refractivity contribution in [3.8, 4) is 0 Å². The number of anilines is 1. The summed E-state index contributed by atoms with van der Waals surface area (Å²) in [6.45, 7) is 6.17. The number of amidine groups is 1. The van der Waals surface area contributed by atoms with E-state index in [2.05, 4.69) is 41.2 Å². The molecule has 0 aromatic heterocycles. The molecular formula is C20H20FN3OS. The van der Waals surface area contributed by atoms with Crippen molar-refractivity contribution in [1.82, 2.24) is 5.32 Å². The number of carbonyl (C=O) groups is 1. The summed E-state index contributed by atoms with van der Waals surface area (Å²) in [6.07, 6.45) is 1.85. The van der Waals surface area contributed by atoms with Crippen LogP contribution in [0.2, 0.25) is 0 Å². The minimum Gasteiger partial charge on any atom is -0.372 e. The lowest BCUT2D eigenvalue weighted by Crippen LogP contribution is -2.21. The Bertz CT molecular complexity index is 840. The normalized spacial score (nSPS) is 17.0. The molecule has 2 aromatic carbocycles. The Kier molecular flexibility index (Phi) is 5.73. The molecular weight excluding hydrogens is 349 g/mol. The van der Waals surface area contributed by atoms with E-state index in [-0.39, 0.29) is 11.7 Å². The van der Waals surface area contributed by atoms with Gasteiger partial charge >= 0.3 is 0 Å². The molecule has 1 fully saturated rings. The molecule has 0 aliphatic carbocycles. The standard InChI is InChI=1S/C20H20FN3OS/c1-3-24(4-2)17-11-5-14(6-12-17)13-18-19(25)23-20(26-18)22-16-9-7-15(21)8-10-16/h5-13H,3-4H2,1-2H3,(H,22,23,25)/b18-13+. The largest absolute Gasteiger partial charge is 0.372 e. The van der Waals surface area contributed by atoms with E-state index >= 15 is 0 Å². The predicted molar refractivity (Wildman–Crippen MR) is 107 cm³/mol. The molecule has 4 nitrogen and oxygen atoms in total. The number of aliphatic imine (C=N–C) groups is 1. The highest BCUT2D eigenvalue weighted by Gasteiger charge is 2.23.